The lowest BCUT2D eigenvalue weighted by atomic mass is 10.4. The SMILES string of the molecule is O=NCCCNCCO. The molecular weight excluding hydrogens is 120 g/mol. The zero-order chi connectivity index (χ0) is 6.95. The maximum Gasteiger partial charge on any atom is 0.0823 e. The van der Waals surface area contributed by atoms with Crippen LogP contribution < -0.4 is 5.32 Å². The highest BCUT2D eigenvalue weighted by Gasteiger charge is 1.84. The summed E-state index contributed by atoms with van der Waals surface area (Å²) in [5, 5.41) is 13.9. The molecule has 0 fully saturated rings. The predicted octanol–water partition coefficient (Wildman–Crippen LogP) is -0.275. The Balaban J connectivity index is 2.66. The summed E-state index contributed by atoms with van der Waals surface area (Å²) in [4.78, 5) is 9.51. The van der Waals surface area contributed by atoms with E-state index in [1.807, 2.05) is 0 Å². The molecule has 54 valence electrons. The van der Waals surface area contributed by atoms with E-state index < -0.39 is 0 Å². The third-order valence-electron chi connectivity index (χ3n) is 0.892. The van der Waals surface area contributed by atoms with Gasteiger partial charge in [-0.1, -0.05) is 5.18 Å². The van der Waals surface area contributed by atoms with Crippen LogP contribution in [-0.2, 0) is 0 Å². The van der Waals surface area contributed by atoms with Crippen LogP contribution in [0.4, 0.5) is 0 Å². The first-order valence-corrected chi connectivity index (χ1v) is 3.02. The standard InChI is InChI=1S/C5H12N2O2/c8-5-4-6-2-1-3-7-9/h6,8H,1-5H2. The van der Waals surface area contributed by atoms with Gasteiger partial charge in [-0.2, -0.15) is 4.91 Å². The summed E-state index contributed by atoms with van der Waals surface area (Å²) in [5.74, 6) is 0. The molecule has 0 spiro atoms. The van der Waals surface area contributed by atoms with Gasteiger partial charge in [0.2, 0.25) is 0 Å². The Labute approximate surface area is 54.2 Å². The molecule has 0 aromatic carbocycles. The predicted molar refractivity (Wildman–Crippen MR) is 35.2 cm³/mol. The Morgan fingerprint density at radius 1 is 1.44 bits per heavy atom. The highest BCUT2D eigenvalue weighted by atomic mass is 16.3. The molecule has 0 radical (unpaired) electrons. The molecule has 4 heteroatoms. The Morgan fingerprint density at radius 3 is 2.78 bits per heavy atom. The van der Waals surface area contributed by atoms with E-state index in [1.165, 1.54) is 0 Å². The van der Waals surface area contributed by atoms with Gasteiger partial charge in [-0.15, -0.1) is 0 Å². The molecule has 4 nitrogen and oxygen atoms in total. The third-order valence-corrected chi connectivity index (χ3v) is 0.892. The fourth-order valence-electron chi connectivity index (χ4n) is 0.473. The van der Waals surface area contributed by atoms with Crippen molar-refractivity contribution in [3.8, 4) is 0 Å². The second kappa shape index (κ2) is 7.52. The highest BCUT2D eigenvalue weighted by Crippen LogP contribution is 1.75. The van der Waals surface area contributed by atoms with Gasteiger partial charge in [-0.3, -0.25) is 0 Å². The van der Waals surface area contributed by atoms with Gasteiger partial charge in [0.05, 0.1) is 13.2 Å². The lowest BCUT2D eigenvalue weighted by Crippen LogP contribution is -2.19. The highest BCUT2D eigenvalue weighted by molar-refractivity contribution is 4.47. The average molecular weight is 132 g/mol. The van der Waals surface area contributed by atoms with Crippen molar-refractivity contribution in [2.24, 2.45) is 5.18 Å². The molecule has 9 heavy (non-hydrogen) atoms. The largest absolute Gasteiger partial charge is 0.395 e. The molecule has 0 saturated heterocycles. The zero-order valence-electron chi connectivity index (χ0n) is 5.34. The number of aliphatic hydroxyl groups excluding tert-OH is 1. The number of aliphatic hydroxyl groups is 1. The van der Waals surface area contributed by atoms with Gasteiger partial charge in [0.1, 0.15) is 0 Å². The van der Waals surface area contributed by atoms with Crippen molar-refractivity contribution in [2.45, 2.75) is 6.42 Å². The van der Waals surface area contributed by atoms with Gasteiger partial charge >= 0.3 is 0 Å². The molecule has 0 aliphatic rings. The van der Waals surface area contributed by atoms with Crippen molar-refractivity contribution in [3.05, 3.63) is 4.91 Å². The average Bonchev–Trinajstić information content (AvgIpc) is 1.89. The van der Waals surface area contributed by atoms with Crippen LogP contribution in [-0.4, -0.2) is 31.3 Å². The van der Waals surface area contributed by atoms with Gasteiger partial charge in [0, 0.05) is 6.54 Å². The monoisotopic (exact) mass is 132 g/mol. The summed E-state index contributed by atoms with van der Waals surface area (Å²) < 4.78 is 0. The van der Waals surface area contributed by atoms with Crippen LogP contribution in [0.25, 0.3) is 0 Å². The fourth-order valence-corrected chi connectivity index (χ4v) is 0.473. The lowest BCUT2D eigenvalue weighted by molar-refractivity contribution is 0.292. The van der Waals surface area contributed by atoms with E-state index in [0.717, 1.165) is 13.0 Å². The second-order valence-electron chi connectivity index (χ2n) is 1.68. The maximum absolute atomic E-state index is 9.51. The number of nitrogens with one attached hydrogen (secondary N) is 1. The topological polar surface area (TPSA) is 61.7 Å². The molecule has 0 aromatic rings. The molecule has 0 aromatic heterocycles. The summed E-state index contributed by atoms with van der Waals surface area (Å²) in [6.45, 7) is 1.86. The Bertz CT molecular complexity index is 68.0. The molecule has 0 bridgehead atoms. The summed E-state index contributed by atoms with van der Waals surface area (Å²) in [5.41, 5.74) is 0. The normalized spacial score (nSPS) is 9.44. The van der Waals surface area contributed by atoms with E-state index >= 15 is 0 Å². The van der Waals surface area contributed by atoms with Crippen LogP contribution in [0, 0.1) is 4.91 Å². The van der Waals surface area contributed by atoms with Crippen LogP contribution in [0.2, 0.25) is 0 Å². The number of hydrogen-bond donors (Lipinski definition) is 2. The van der Waals surface area contributed by atoms with E-state index in [-0.39, 0.29) is 6.61 Å². The lowest BCUT2D eigenvalue weighted by Gasteiger charge is -1.97. The minimum absolute atomic E-state index is 0.147. The molecule has 0 unspecified atom stereocenters. The van der Waals surface area contributed by atoms with Crippen molar-refractivity contribution < 1.29 is 5.11 Å². The van der Waals surface area contributed by atoms with Gasteiger partial charge in [-0.25, -0.2) is 0 Å². The molecule has 2 N–H and O–H groups in total. The molecule has 0 rings (SSSR count). The van der Waals surface area contributed by atoms with Gasteiger partial charge in [-0.05, 0) is 13.0 Å². The Morgan fingerprint density at radius 2 is 2.22 bits per heavy atom. The molecule has 0 amide bonds. The van der Waals surface area contributed by atoms with Crippen molar-refractivity contribution in [3.63, 3.8) is 0 Å². The van der Waals surface area contributed by atoms with E-state index in [0.29, 0.717) is 13.1 Å². The number of nitrogens with zero attached hydrogens (tertiary/aromatic N) is 1. The summed E-state index contributed by atoms with van der Waals surface area (Å²) in [6.07, 6.45) is 0.753. The van der Waals surface area contributed by atoms with Crippen LogP contribution in [0.15, 0.2) is 5.18 Å². The number of hydrogen-bond acceptors (Lipinski definition) is 4. The fraction of sp³-hybridized carbons (Fsp3) is 1.00. The van der Waals surface area contributed by atoms with Crippen molar-refractivity contribution >= 4 is 0 Å². The van der Waals surface area contributed by atoms with E-state index in [1.54, 1.807) is 0 Å². The van der Waals surface area contributed by atoms with Gasteiger partial charge in [0.25, 0.3) is 0 Å². The molecule has 0 atom stereocenters. The van der Waals surface area contributed by atoms with Crippen LogP contribution >= 0.6 is 0 Å². The van der Waals surface area contributed by atoms with E-state index in [4.69, 9.17) is 5.11 Å². The molecule has 0 heterocycles. The first kappa shape index (κ1) is 8.52. The number of nitroso groups, excluding NO2 is 1. The third kappa shape index (κ3) is 7.52. The summed E-state index contributed by atoms with van der Waals surface area (Å²) in [7, 11) is 0. The van der Waals surface area contributed by atoms with E-state index in [9.17, 15) is 4.91 Å². The second-order valence-corrected chi connectivity index (χ2v) is 1.68. The van der Waals surface area contributed by atoms with Crippen molar-refractivity contribution in [1.29, 1.82) is 0 Å². The van der Waals surface area contributed by atoms with Crippen LogP contribution in [0.5, 0.6) is 0 Å². The summed E-state index contributed by atoms with van der Waals surface area (Å²) in [6, 6.07) is 0. The van der Waals surface area contributed by atoms with E-state index in [2.05, 4.69) is 10.5 Å². The minimum Gasteiger partial charge on any atom is -0.395 e. The van der Waals surface area contributed by atoms with Crippen LogP contribution in [0.3, 0.4) is 0 Å². The summed E-state index contributed by atoms with van der Waals surface area (Å²) >= 11 is 0. The van der Waals surface area contributed by atoms with Crippen molar-refractivity contribution in [2.75, 3.05) is 26.2 Å². The molecule has 0 aliphatic heterocycles. The smallest absolute Gasteiger partial charge is 0.0823 e. The Kier molecular flexibility index (Phi) is 7.12. The van der Waals surface area contributed by atoms with Crippen LogP contribution in [0.1, 0.15) is 6.42 Å². The van der Waals surface area contributed by atoms with Crippen molar-refractivity contribution in [1.82, 2.24) is 5.32 Å². The van der Waals surface area contributed by atoms with Gasteiger partial charge in [0.15, 0.2) is 0 Å². The van der Waals surface area contributed by atoms with Gasteiger partial charge < -0.3 is 10.4 Å². The number of rotatable bonds is 6. The first-order chi connectivity index (χ1) is 4.41. The minimum atomic E-state index is 0.147. The first-order valence-electron chi connectivity index (χ1n) is 3.02. The molecule has 0 aliphatic carbocycles. The molecular formula is C5H12N2O2. The Hall–Kier alpha value is -0.480. The quantitative estimate of drug-likeness (QED) is 0.386. The zero-order valence-corrected chi connectivity index (χ0v) is 5.34. The molecule has 0 saturated carbocycles. The maximum atomic E-state index is 9.51.